The largest absolute Gasteiger partial charge is 0.399 e. The van der Waals surface area contributed by atoms with Crippen LogP contribution in [0.5, 0.6) is 0 Å². The molecular weight excluding hydrogens is 388 g/mol. The van der Waals surface area contributed by atoms with Gasteiger partial charge in [-0.1, -0.05) is 55.3 Å². The molecule has 2 aromatic carbocycles. The van der Waals surface area contributed by atoms with Crippen LogP contribution < -0.4 is 5.73 Å². The number of hydrogen-bond acceptors (Lipinski definition) is 5. The van der Waals surface area contributed by atoms with E-state index in [2.05, 4.69) is 11.5 Å². The Labute approximate surface area is 185 Å². The lowest BCUT2D eigenvalue weighted by Crippen LogP contribution is -2.43. The number of ether oxygens (including phenoxy) is 2. The highest BCUT2D eigenvalue weighted by Gasteiger charge is 2.34. The molecule has 3 unspecified atom stereocenters. The third kappa shape index (κ3) is 5.55. The molecular formula is C26H34N2O3. The molecule has 5 nitrogen and oxygen atoms in total. The zero-order valence-corrected chi connectivity index (χ0v) is 18.2. The van der Waals surface area contributed by atoms with Crippen molar-refractivity contribution in [2.45, 2.75) is 63.3 Å². The van der Waals surface area contributed by atoms with Crippen LogP contribution in [0.25, 0.3) is 0 Å². The summed E-state index contributed by atoms with van der Waals surface area (Å²) in [6, 6.07) is 16.4. The van der Waals surface area contributed by atoms with Crippen LogP contribution in [-0.4, -0.2) is 35.2 Å². The predicted molar refractivity (Wildman–Crippen MR) is 123 cm³/mol. The Bertz CT molecular complexity index is 848. The lowest BCUT2D eigenvalue weighted by molar-refractivity contribution is -0.253. The van der Waals surface area contributed by atoms with Gasteiger partial charge < -0.3 is 20.3 Å². The van der Waals surface area contributed by atoms with E-state index in [0.717, 1.165) is 36.2 Å². The van der Waals surface area contributed by atoms with Gasteiger partial charge in [0.1, 0.15) is 0 Å². The second-order valence-corrected chi connectivity index (χ2v) is 8.70. The second-order valence-electron chi connectivity index (χ2n) is 8.70. The van der Waals surface area contributed by atoms with E-state index in [-0.39, 0.29) is 18.8 Å². The Hall–Kier alpha value is -2.18. The monoisotopic (exact) mass is 422 g/mol. The van der Waals surface area contributed by atoms with Gasteiger partial charge in [0.25, 0.3) is 0 Å². The minimum Gasteiger partial charge on any atom is -0.399 e. The fraction of sp³-hybridized carbons (Fsp3) is 0.462. The predicted octanol–water partition coefficient (Wildman–Crippen LogP) is 4.74. The standard InChI is InChI=1S/C26H34N2O3/c1-2-14-28(23-8-3-4-9-23)17-24-16-25(20-12-10-19(18-29)11-13-20)31-26(30-24)21-6-5-7-22(27)15-21/h2,5-7,10-13,15,23-26,29H,1,3-4,8-9,14,16-18,27H2. The summed E-state index contributed by atoms with van der Waals surface area (Å²) in [5, 5.41) is 9.37. The molecule has 1 saturated heterocycles. The van der Waals surface area contributed by atoms with Gasteiger partial charge in [-0.2, -0.15) is 0 Å². The van der Waals surface area contributed by atoms with Crippen LogP contribution in [-0.2, 0) is 16.1 Å². The molecule has 1 aliphatic heterocycles. The summed E-state index contributed by atoms with van der Waals surface area (Å²) in [7, 11) is 0. The Morgan fingerprint density at radius 3 is 2.52 bits per heavy atom. The number of nitrogens with zero attached hydrogens (tertiary/aromatic N) is 1. The van der Waals surface area contributed by atoms with Gasteiger partial charge in [0, 0.05) is 36.8 Å². The summed E-state index contributed by atoms with van der Waals surface area (Å²) < 4.78 is 12.9. The lowest BCUT2D eigenvalue weighted by atomic mass is 9.99. The van der Waals surface area contributed by atoms with E-state index in [1.807, 2.05) is 54.6 Å². The van der Waals surface area contributed by atoms with Gasteiger partial charge in [-0.3, -0.25) is 4.90 Å². The molecule has 31 heavy (non-hydrogen) atoms. The van der Waals surface area contributed by atoms with Gasteiger partial charge in [-0.15, -0.1) is 6.58 Å². The number of rotatable bonds is 8. The fourth-order valence-corrected chi connectivity index (χ4v) is 4.81. The quantitative estimate of drug-likeness (QED) is 0.475. The molecule has 2 aliphatic rings. The van der Waals surface area contributed by atoms with Crippen molar-refractivity contribution in [3.8, 4) is 0 Å². The molecule has 0 radical (unpaired) electrons. The van der Waals surface area contributed by atoms with Gasteiger partial charge in [-0.25, -0.2) is 0 Å². The molecule has 0 amide bonds. The summed E-state index contributed by atoms with van der Waals surface area (Å²) in [5.41, 5.74) is 9.68. The van der Waals surface area contributed by atoms with Crippen LogP contribution in [0.15, 0.2) is 61.2 Å². The van der Waals surface area contributed by atoms with Crippen molar-refractivity contribution in [1.82, 2.24) is 4.90 Å². The number of benzene rings is 2. The van der Waals surface area contributed by atoms with E-state index in [9.17, 15) is 5.11 Å². The van der Waals surface area contributed by atoms with E-state index in [1.54, 1.807) is 0 Å². The van der Waals surface area contributed by atoms with Gasteiger partial charge in [-0.05, 0) is 36.1 Å². The molecule has 5 heteroatoms. The molecule has 4 rings (SSSR count). The lowest BCUT2D eigenvalue weighted by Gasteiger charge is -2.39. The van der Waals surface area contributed by atoms with E-state index in [0.29, 0.717) is 11.7 Å². The highest BCUT2D eigenvalue weighted by atomic mass is 16.7. The highest BCUT2D eigenvalue weighted by Crippen LogP contribution is 2.39. The number of anilines is 1. The van der Waals surface area contributed by atoms with Gasteiger partial charge in [0.2, 0.25) is 0 Å². The SMILES string of the molecule is C=CCN(CC1CC(c2ccc(CO)cc2)OC(c2cccc(N)c2)O1)C1CCCC1. The van der Waals surface area contributed by atoms with Crippen molar-refractivity contribution in [3.05, 3.63) is 77.9 Å². The van der Waals surface area contributed by atoms with Crippen LogP contribution in [0, 0.1) is 0 Å². The number of aliphatic hydroxyl groups is 1. The van der Waals surface area contributed by atoms with E-state index >= 15 is 0 Å². The summed E-state index contributed by atoms with van der Waals surface area (Å²) in [5.74, 6) is 0. The maximum Gasteiger partial charge on any atom is 0.185 e. The summed E-state index contributed by atoms with van der Waals surface area (Å²) in [6.07, 6.45) is 7.41. The van der Waals surface area contributed by atoms with Gasteiger partial charge in [0.05, 0.1) is 18.8 Å². The summed E-state index contributed by atoms with van der Waals surface area (Å²) in [6.45, 7) is 5.76. The molecule has 0 aromatic heterocycles. The molecule has 1 saturated carbocycles. The maximum atomic E-state index is 9.37. The van der Waals surface area contributed by atoms with Crippen molar-refractivity contribution < 1.29 is 14.6 Å². The van der Waals surface area contributed by atoms with Crippen molar-refractivity contribution in [2.24, 2.45) is 0 Å². The first kappa shape index (κ1) is 22.0. The maximum absolute atomic E-state index is 9.37. The number of aliphatic hydroxyl groups excluding tert-OH is 1. The second kappa shape index (κ2) is 10.4. The Balaban J connectivity index is 1.56. The first-order valence-corrected chi connectivity index (χ1v) is 11.4. The van der Waals surface area contributed by atoms with Crippen LogP contribution >= 0.6 is 0 Å². The topological polar surface area (TPSA) is 68.0 Å². The summed E-state index contributed by atoms with van der Waals surface area (Å²) >= 11 is 0. The molecule has 1 heterocycles. The van der Waals surface area contributed by atoms with Gasteiger partial charge in [0.15, 0.2) is 6.29 Å². The zero-order chi connectivity index (χ0) is 21.6. The molecule has 0 spiro atoms. The smallest absolute Gasteiger partial charge is 0.185 e. The Morgan fingerprint density at radius 2 is 1.84 bits per heavy atom. The Morgan fingerprint density at radius 1 is 1.06 bits per heavy atom. The minimum absolute atomic E-state index is 0.0430. The number of hydrogen-bond donors (Lipinski definition) is 2. The minimum atomic E-state index is -0.459. The van der Waals surface area contributed by atoms with Crippen LogP contribution in [0.2, 0.25) is 0 Å². The third-order valence-corrected chi connectivity index (χ3v) is 6.44. The van der Waals surface area contributed by atoms with Crippen LogP contribution in [0.4, 0.5) is 5.69 Å². The fourth-order valence-electron chi connectivity index (χ4n) is 4.81. The molecule has 166 valence electrons. The van der Waals surface area contributed by atoms with E-state index in [4.69, 9.17) is 15.2 Å². The zero-order valence-electron chi connectivity index (χ0n) is 18.2. The average Bonchev–Trinajstić information content (AvgIpc) is 3.34. The van der Waals surface area contributed by atoms with E-state index in [1.165, 1.54) is 25.7 Å². The van der Waals surface area contributed by atoms with E-state index < -0.39 is 6.29 Å². The third-order valence-electron chi connectivity index (χ3n) is 6.44. The van der Waals surface area contributed by atoms with Crippen molar-refractivity contribution in [2.75, 3.05) is 18.8 Å². The van der Waals surface area contributed by atoms with Crippen molar-refractivity contribution in [1.29, 1.82) is 0 Å². The molecule has 3 N–H and O–H groups in total. The highest BCUT2D eigenvalue weighted by molar-refractivity contribution is 5.41. The molecule has 1 aliphatic carbocycles. The number of nitrogens with two attached hydrogens (primary N) is 1. The number of nitrogen functional groups attached to an aromatic ring is 1. The average molecular weight is 423 g/mol. The molecule has 2 aromatic rings. The first-order chi connectivity index (χ1) is 15.2. The molecule has 0 bridgehead atoms. The molecule has 2 fully saturated rings. The summed E-state index contributed by atoms with van der Waals surface area (Å²) in [4.78, 5) is 2.53. The van der Waals surface area contributed by atoms with Crippen molar-refractivity contribution >= 4 is 5.69 Å². The Kier molecular flexibility index (Phi) is 7.41. The van der Waals surface area contributed by atoms with Gasteiger partial charge >= 0.3 is 0 Å². The molecule has 3 atom stereocenters. The first-order valence-electron chi connectivity index (χ1n) is 11.4. The van der Waals surface area contributed by atoms with Crippen molar-refractivity contribution in [3.63, 3.8) is 0 Å². The normalized spacial score (nSPS) is 24.5. The van der Waals surface area contributed by atoms with Crippen LogP contribution in [0.1, 0.15) is 61.2 Å². The van der Waals surface area contributed by atoms with Crippen LogP contribution in [0.3, 0.4) is 0 Å².